The molecule has 1 aromatic carbocycles. The monoisotopic (exact) mass is 406 g/mol. The molecule has 2 fully saturated rings. The first-order valence-electron chi connectivity index (χ1n) is 7.81. The minimum atomic E-state index is -0.839. The summed E-state index contributed by atoms with van der Waals surface area (Å²) in [5.74, 6) is 1.95. The van der Waals surface area contributed by atoms with E-state index in [4.69, 9.17) is 4.74 Å². The lowest BCUT2D eigenvalue weighted by molar-refractivity contribution is 0.313. The van der Waals surface area contributed by atoms with E-state index in [2.05, 4.69) is 22.6 Å². The Bertz CT molecular complexity index is 508. The maximum Gasteiger partial charge on any atom is 0.200 e. The van der Waals surface area contributed by atoms with Crippen LogP contribution in [0.4, 0.5) is 8.78 Å². The van der Waals surface area contributed by atoms with Gasteiger partial charge in [-0.1, -0.05) is 28.7 Å². The van der Waals surface area contributed by atoms with Crippen molar-refractivity contribution in [1.82, 2.24) is 0 Å². The average molecular weight is 406 g/mol. The summed E-state index contributed by atoms with van der Waals surface area (Å²) < 4.78 is 34.2. The molecule has 0 heterocycles. The van der Waals surface area contributed by atoms with Crippen molar-refractivity contribution in [3.63, 3.8) is 0 Å². The lowest BCUT2D eigenvalue weighted by Crippen LogP contribution is -2.05. The van der Waals surface area contributed by atoms with Crippen LogP contribution in [0.1, 0.15) is 31.7 Å². The summed E-state index contributed by atoms with van der Waals surface area (Å²) in [6.45, 7) is 2.11. The summed E-state index contributed by atoms with van der Waals surface area (Å²) in [7, 11) is 0. The van der Waals surface area contributed by atoms with Gasteiger partial charge in [-0.05, 0) is 67.9 Å². The summed E-state index contributed by atoms with van der Waals surface area (Å²) in [5.41, 5.74) is 0.488. The number of hydrogen-bond acceptors (Lipinski definition) is 1. The Hall–Kier alpha value is -0.390. The first-order chi connectivity index (χ1) is 10.2. The van der Waals surface area contributed by atoms with E-state index in [1.165, 1.54) is 17.3 Å². The van der Waals surface area contributed by atoms with Crippen LogP contribution in [0.25, 0.3) is 0 Å². The van der Waals surface area contributed by atoms with E-state index in [1.807, 2.05) is 0 Å². The third-order valence-electron chi connectivity index (χ3n) is 5.15. The van der Waals surface area contributed by atoms with Crippen LogP contribution in [0.15, 0.2) is 12.1 Å². The molecular formula is C17H21F2IO. The van der Waals surface area contributed by atoms with Crippen LogP contribution in [-0.4, -0.2) is 11.0 Å². The van der Waals surface area contributed by atoms with E-state index in [9.17, 15) is 8.78 Å². The van der Waals surface area contributed by atoms with Crippen molar-refractivity contribution in [1.29, 1.82) is 0 Å². The SMILES string of the molecule is CCOc1ccc(CCC2C[C@@H]3C(CI)[C@@H]3C2)c(F)c1F. The normalized spacial score (nSPS) is 30.3. The molecule has 4 atom stereocenters. The number of rotatable bonds is 6. The minimum absolute atomic E-state index is 0.0192. The van der Waals surface area contributed by atoms with Crippen LogP contribution in [0.2, 0.25) is 0 Å². The molecule has 2 aliphatic rings. The molecule has 0 aromatic heterocycles. The first-order valence-corrected chi connectivity index (χ1v) is 9.33. The van der Waals surface area contributed by atoms with E-state index >= 15 is 0 Å². The van der Waals surface area contributed by atoms with Gasteiger partial charge in [-0.25, -0.2) is 4.39 Å². The van der Waals surface area contributed by atoms with Crippen molar-refractivity contribution in [3.05, 3.63) is 29.3 Å². The van der Waals surface area contributed by atoms with Crippen molar-refractivity contribution >= 4 is 22.6 Å². The number of benzene rings is 1. The van der Waals surface area contributed by atoms with E-state index in [-0.39, 0.29) is 5.75 Å². The second-order valence-corrected chi connectivity index (χ2v) is 7.19. The molecular weight excluding hydrogens is 385 g/mol. The Morgan fingerprint density at radius 2 is 1.90 bits per heavy atom. The van der Waals surface area contributed by atoms with Gasteiger partial charge in [0.2, 0.25) is 5.82 Å². The second kappa shape index (κ2) is 6.39. The van der Waals surface area contributed by atoms with Gasteiger partial charge < -0.3 is 4.74 Å². The lowest BCUT2D eigenvalue weighted by Gasteiger charge is -2.14. The van der Waals surface area contributed by atoms with Gasteiger partial charge in [-0.2, -0.15) is 4.39 Å². The van der Waals surface area contributed by atoms with Gasteiger partial charge >= 0.3 is 0 Å². The molecule has 3 rings (SSSR count). The number of halogens is 3. The van der Waals surface area contributed by atoms with Gasteiger partial charge in [0.05, 0.1) is 6.61 Å². The third kappa shape index (κ3) is 3.06. The highest BCUT2D eigenvalue weighted by molar-refractivity contribution is 14.1. The van der Waals surface area contributed by atoms with Crippen LogP contribution in [0.5, 0.6) is 5.75 Å². The van der Waals surface area contributed by atoms with Crippen LogP contribution < -0.4 is 4.74 Å². The van der Waals surface area contributed by atoms with Crippen LogP contribution in [0, 0.1) is 35.3 Å². The molecule has 1 nitrogen and oxygen atoms in total. The fourth-order valence-electron chi connectivity index (χ4n) is 3.95. The van der Waals surface area contributed by atoms with Gasteiger partial charge in [0.15, 0.2) is 11.6 Å². The Balaban J connectivity index is 1.56. The molecule has 0 saturated heterocycles. The minimum Gasteiger partial charge on any atom is -0.491 e. The van der Waals surface area contributed by atoms with Crippen molar-refractivity contribution in [3.8, 4) is 5.75 Å². The quantitative estimate of drug-likeness (QED) is 0.477. The first kappa shape index (κ1) is 15.5. The van der Waals surface area contributed by atoms with Crippen LogP contribution >= 0.6 is 22.6 Å². The Labute approximate surface area is 138 Å². The Morgan fingerprint density at radius 1 is 1.19 bits per heavy atom. The van der Waals surface area contributed by atoms with Crippen LogP contribution in [0.3, 0.4) is 0 Å². The molecule has 2 saturated carbocycles. The zero-order chi connectivity index (χ0) is 15.0. The number of hydrogen-bond donors (Lipinski definition) is 0. The molecule has 116 valence electrons. The molecule has 4 heteroatoms. The molecule has 0 spiro atoms. The van der Waals surface area contributed by atoms with Crippen molar-refractivity contribution in [2.45, 2.75) is 32.6 Å². The molecule has 0 bridgehead atoms. The van der Waals surface area contributed by atoms with Gasteiger partial charge in [-0.15, -0.1) is 0 Å². The predicted octanol–water partition coefficient (Wildman–Crippen LogP) is 5.00. The summed E-state index contributed by atoms with van der Waals surface area (Å²) in [6, 6.07) is 3.22. The third-order valence-corrected chi connectivity index (χ3v) is 6.16. The predicted molar refractivity (Wildman–Crippen MR) is 87.9 cm³/mol. The standard InChI is InChI=1S/C17H21F2IO/c1-2-21-15-6-5-11(16(18)17(15)19)4-3-10-7-12-13(8-10)14(12)9-20/h5-6,10,12-14H,2-4,7-9H2,1H3/t10?,12-,13+,14?. The Morgan fingerprint density at radius 3 is 2.52 bits per heavy atom. The number of alkyl halides is 1. The van der Waals surface area contributed by atoms with Gasteiger partial charge in [-0.3, -0.25) is 0 Å². The van der Waals surface area contributed by atoms with Crippen molar-refractivity contribution in [2.75, 3.05) is 11.0 Å². The maximum atomic E-state index is 14.0. The number of ether oxygens (including phenoxy) is 1. The highest BCUT2D eigenvalue weighted by atomic mass is 127. The van der Waals surface area contributed by atoms with Gasteiger partial charge in [0, 0.05) is 4.43 Å². The molecule has 0 amide bonds. The summed E-state index contributed by atoms with van der Waals surface area (Å²) in [5, 5.41) is 0. The molecule has 1 aromatic rings. The van der Waals surface area contributed by atoms with Gasteiger partial charge in [0.1, 0.15) is 0 Å². The summed E-state index contributed by atoms with van der Waals surface area (Å²) >= 11 is 2.48. The Kier molecular flexibility index (Phi) is 4.71. The number of aryl methyl sites for hydroxylation is 1. The largest absolute Gasteiger partial charge is 0.491 e. The fourth-order valence-corrected chi connectivity index (χ4v) is 5.25. The molecule has 2 unspecified atom stereocenters. The highest BCUT2D eigenvalue weighted by Gasteiger charge is 2.54. The van der Waals surface area contributed by atoms with E-state index in [1.54, 1.807) is 19.1 Å². The smallest absolute Gasteiger partial charge is 0.200 e. The zero-order valence-electron chi connectivity index (χ0n) is 12.2. The fraction of sp³-hybridized carbons (Fsp3) is 0.647. The molecule has 21 heavy (non-hydrogen) atoms. The molecule has 0 radical (unpaired) electrons. The molecule has 0 aliphatic heterocycles. The van der Waals surface area contributed by atoms with Crippen LogP contribution in [-0.2, 0) is 6.42 Å². The summed E-state index contributed by atoms with van der Waals surface area (Å²) in [6.07, 6.45) is 4.19. The maximum absolute atomic E-state index is 14.0. The second-order valence-electron chi connectivity index (χ2n) is 6.31. The zero-order valence-corrected chi connectivity index (χ0v) is 14.4. The van der Waals surface area contributed by atoms with Crippen molar-refractivity contribution < 1.29 is 13.5 Å². The summed E-state index contributed by atoms with van der Waals surface area (Å²) in [4.78, 5) is 0. The lowest BCUT2D eigenvalue weighted by atomic mass is 9.93. The highest BCUT2D eigenvalue weighted by Crippen LogP contribution is 2.60. The van der Waals surface area contributed by atoms with E-state index in [0.717, 1.165) is 24.2 Å². The topological polar surface area (TPSA) is 9.23 Å². The number of fused-ring (bicyclic) bond motifs is 1. The van der Waals surface area contributed by atoms with E-state index < -0.39 is 11.6 Å². The van der Waals surface area contributed by atoms with Crippen molar-refractivity contribution in [2.24, 2.45) is 23.7 Å². The molecule has 0 N–H and O–H groups in total. The van der Waals surface area contributed by atoms with E-state index in [0.29, 0.717) is 24.5 Å². The van der Waals surface area contributed by atoms with Gasteiger partial charge in [0.25, 0.3) is 0 Å². The average Bonchev–Trinajstić information content (AvgIpc) is 2.96. The molecule has 2 aliphatic carbocycles.